The van der Waals surface area contributed by atoms with Crippen LogP contribution in [-0.2, 0) is 17.6 Å². The van der Waals surface area contributed by atoms with E-state index >= 15 is 0 Å². The highest BCUT2D eigenvalue weighted by atomic mass is 16.5. The largest absolute Gasteiger partial charge is 0.426 e. The second-order valence-corrected chi connectivity index (χ2v) is 3.24. The average Bonchev–Trinajstić information content (AvgIpc) is 2.16. The second-order valence-electron chi connectivity index (χ2n) is 3.24. The molecule has 0 saturated heterocycles. The summed E-state index contributed by atoms with van der Waals surface area (Å²) in [5, 5.41) is 0. The highest BCUT2D eigenvalue weighted by Crippen LogP contribution is 2.21. The molecule has 0 aromatic heterocycles. The smallest absolute Gasteiger partial charge is 0.308 e. The summed E-state index contributed by atoms with van der Waals surface area (Å²) in [5.41, 5.74) is 2.27. The Morgan fingerprint density at radius 2 is 2.00 bits per heavy atom. The number of ether oxygens (including phenoxy) is 1. The number of hydrogen-bond donors (Lipinski definition) is 0. The van der Waals surface area contributed by atoms with Gasteiger partial charge < -0.3 is 4.74 Å². The molecule has 0 bridgehead atoms. The molecule has 0 aliphatic carbocycles. The van der Waals surface area contributed by atoms with Crippen molar-refractivity contribution in [2.24, 2.45) is 0 Å². The van der Waals surface area contributed by atoms with Gasteiger partial charge in [-0.2, -0.15) is 0 Å². The van der Waals surface area contributed by atoms with Crippen molar-refractivity contribution in [1.82, 2.24) is 0 Å². The third-order valence-corrected chi connectivity index (χ3v) is 2.17. The van der Waals surface area contributed by atoms with E-state index in [2.05, 4.69) is 13.0 Å². The van der Waals surface area contributed by atoms with Crippen molar-refractivity contribution in [3.63, 3.8) is 0 Å². The molecule has 0 heterocycles. The lowest BCUT2D eigenvalue weighted by molar-refractivity contribution is -0.131. The van der Waals surface area contributed by atoms with E-state index in [9.17, 15) is 4.79 Å². The molecule has 0 saturated carbocycles. The number of aryl methyl sites for hydroxylation is 2. The van der Waals surface area contributed by atoms with Crippen molar-refractivity contribution in [3.05, 3.63) is 29.3 Å². The van der Waals surface area contributed by atoms with E-state index in [0.717, 1.165) is 18.4 Å². The Bertz CT molecular complexity index is 329. The first-order valence-electron chi connectivity index (χ1n) is 4.97. The third-order valence-electron chi connectivity index (χ3n) is 2.17. The van der Waals surface area contributed by atoms with Crippen LogP contribution in [0.25, 0.3) is 0 Å². The minimum Gasteiger partial charge on any atom is -0.426 e. The molecule has 0 spiro atoms. The topological polar surface area (TPSA) is 26.3 Å². The zero-order chi connectivity index (χ0) is 10.6. The molecule has 0 fully saturated rings. The van der Waals surface area contributed by atoms with Crippen LogP contribution in [0.1, 0.15) is 31.9 Å². The SMILES string of the molecule is CCc1ccc(CC)c(OC(C)=O)c1. The maximum absolute atomic E-state index is 10.9. The van der Waals surface area contributed by atoms with E-state index < -0.39 is 0 Å². The van der Waals surface area contributed by atoms with Crippen LogP contribution in [0.4, 0.5) is 0 Å². The van der Waals surface area contributed by atoms with Gasteiger partial charge in [0.05, 0.1) is 0 Å². The predicted octanol–water partition coefficient (Wildman–Crippen LogP) is 2.74. The summed E-state index contributed by atoms with van der Waals surface area (Å²) in [6, 6.07) is 6.04. The van der Waals surface area contributed by atoms with Gasteiger partial charge in [-0.05, 0) is 30.0 Å². The molecule has 0 aliphatic rings. The van der Waals surface area contributed by atoms with Crippen molar-refractivity contribution in [3.8, 4) is 5.75 Å². The summed E-state index contributed by atoms with van der Waals surface area (Å²) in [7, 11) is 0. The van der Waals surface area contributed by atoms with Crippen molar-refractivity contribution < 1.29 is 9.53 Å². The quantitative estimate of drug-likeness (QED) is 0.543. The van der Waals surface area contributed by atoms with Crippen LogP contribution in [-0.4, -0.2) is 5.97 Å². The maximum atomic E-state index is 10.9. The van der Waals surface area contributed by atoms with E-state index in [0.29, 0.717) is 5.75 Å². The summed E-state index contributed by atoms with van der Waals surface area (Å²) in [5.74, 6) is 0.451. The number of rotatable bonds is 3. The van der Waals surface area contributed by atoms with Gasteiger partial charge in [0, 0.05) is 6.92 Å². The Hall–Kier alpha value is -1.31. The Labute approximate surface area is 84.9 Å². The molecule has 1 aromatic carbocycles. The fourth-order valence-corrected chi connectivity index (χ4v) is 1.36. The summed E-state index contributed by atoms with van der Waals surface area (Å²) in [6.45, 7) is 5.56. The van der Waals surface area contributed by atoms with E-state index in [-0.39, 0.29) is 5.97 Å². The van der Waals surface area contributed by atoms with E-state index in [1.54, 1.807) is 0 Å². The van der Waals surface area contributed by atoms with Crippen molar-refractivity contribution in [2.75, 3.05) is 0 Å². The molecule has 2 nitrogen and oxygen atoms in total. The third kappa shape index (κ3) is 2.59. The highest BCUT2D eigenvalue weighted by molar-refractivity contribution is 5.69. The molecule has 76 valence electrons. The fraction of sp³-hybridized carbons (Fsp3) is 0.417. The van der Waals surface area contributed by atoms with Gasteiger partial charge >= 0.3 is 5.97 Å². The van der Waals surface area contributed by atoms with Crippen LogP contribution in [0.15, 0.2) is 18.2 Å². The highest BCUT2D eigenvalue weighted by Gasteiger charge is 2.05. The molecule has 0 radical (unpaired) electrons. The molecule has 0 amide bonds. The van der Waals surface area contributed by atoms with Crippen LogP contribution in [0.2, 0.25) is 0 Å². The number of hydrogen-bond acceptors (Lipinski definition) is 2. The molecular formula is C12H16O2. The predicted molar refractivity (Wildman–Crippen MR) is 56.5 cm³/mol. The number of esters is 1. The fourth-order valence-electron chi connectivity index (χ4n) is 1.36. The first-order valence-corrected chi connectivity index (χ1v) is 4.97. The molecule has 1 aromatic rings. The average molecular weight is 192 g/mol. The van der Waals surface area contributed by atoms with Gasteiger partial charge in [-0.15, -0.1) is 0 Å². The van der Waals surface area contributed by atoms with Gasteiger partial charge in [-0.1, -0.05) is 26.0 Å². The van der Waals surface area contributed by atoms with Gasteiger partial charge in [0.25, 0.3) is 0 Å². The van der Waals surface area contributed by atoms with Crippen LogP contribution >= 0.6 is 0 Å². The second kappa shape index (κ2) is 4.80. The first-order chi connectivity index (χ1) is 6.67. The van der Waals surface area contributed by atoms with E-state index in [1.807, 2.05) is 19.1 Å². The van der Waals surface area contributed by atoms with Gasteiger partial charge in [0.2, 0.25) is 0 Å². The summed E-state index contributed by atoms with van der Waals surface area (Å²) >= 11 is 0. The van der Waals surface area contributed by atoms with Crippen LogP contribution in [0, 0.1) is 0 Å². The van der Waals surface area contributed by atoms with Crippen LogP contribution in [0.3, 0.4) is 0 Å². The summed E-state index contributed by atoms with van der Waals surface area (Å²) in [6.07, 6.45) is 1.84. The van der Waals surface area contributed by atoms with Crippen molar-refractivity contribution in [2.45, 2.75) is 33.6 Å². The summed E-state index contributed by atoms with van der Waals surface area (Å²) in [4.78, 5) is 10.9. The lowest BCUT2D eigenvalue weighted by atomic mass is 10.1. The molecule has 0 aliphatic heterocycles. The Morgan fingerprint density at radius 1 is 1.29 bits per heavy atom. The molecule has 2 heteroatoms. The summed E-state index contributed by atoms with van der Waals surface area (Å²) < 4.78 is 5.14. The molecule has 0 atom stereocenters. The van der Waals surface area contributed by atoms with Gasteiger partial charge in [-0.3, -0.25) is 4.79 Å². The van der Waals surface area contributed by atoms with E-state index in [1.165, 1.54) is 12.5 Å². The lowest BCUT2D eigenvalue weighted by Gasteiger charge is -2.08. The Morgan fingerprint density at radius 3 is 2.50 bits per heavy atom. The van der Waals surface area contributed by atoms with E-state index in [4.69, 9.17) is 4.74 Å². The zero-order valence-corrected chi connectivity index (χ0v) is 8.96. The van der Waals surface area contributed by atoms with Crippen LogP contribution < -0.4 is 4.74 Å². The standard InChI is InChI=1S/C12H16O2/c1-4-10-6-7-11(5-2)12(8-10)14-9(3)13/h6-8H,4-5H2,1-3H3. The van der Waals surface area contributed by atoms with Gasteiger partial charge in [0.15, 0.2) is 0 Å². The lowest BCUT2D eigenvalue weighted by Crippen LogP contribution is -2.04. The zero-order valence-electron chi connectivity index (χ0n) is 8.96. The normalized spacial score (nSPS) is 9.93. The molecular weight excluding hydrogens is 176 g/mol. The molecule has 0 unspecified atom stereocenters. The van der Waals surface area contributed by atoms with Gasteiger partial charge in [0.1, 0.15) is 5.75 Å². The monoisotopic (exact) mass is 192 g/mol. The van der Waals surface area contributed by atoms with Crippen molar-refractivity contribution >= 4 is 5.97 Å². The Balaban J connectivity index is 3.01. The van der Waals surface area contributed by atoms with Gasteiger partial charge in [-0.25, -0.2) is 0 Å². The molecule has 14 heavy (non-hydrogen) atoms. The minimum absolute atomic E-state index is 0.257. The van der Waals surface area contributed by atoms with Crippen LogP contribution in [0.5, 0.6) is 5.75 Å². The minimum atomic E-state index is -0.257. The number of carbonyl (C=O) groups excluding carboxylic acids is 1. The molecule has 1 rings (SSSR count). The number of benzene rings is 1. The number of carbonyl (C=O) groups is 1. The molecule has 0 N–H and O–H groups in total. The maximum Gasteiger partial charge on any atom is 0.308 e. The Kier molecular flexibility index (Phi) is 3.69. The van der Waals surface area contributed by atoms with Crippen molar-refractivity contribution in [1.29, 1.82) is 0 Å². The first kappa shape index (κ1) is 10.8.